The molecule has 190 valence electrons. The van der Waals surface area contributed by atoms with Gasteiger partial charge in [0.2, 0.25) is 0 Å². The minimum atomic E-state index is -0.648. The van der Waals surface area contributed by atoms with E-state index in [1.807, 2.05) is 0 Å². The lowest BCUT2D eigenvalue weighted by molar-refractivity contribution is -0.123. The number of hydrogen-bond acceptors (Lipinski definition) is 7. The number of methoxy groups -OCH3 is 1. The van der Waals surface area contributed by atoms with Crippen LogP contribution in [0.15, 0.2) is 65.6 Å². The van der Waals surface area contributed by atoms with Crippen molar-refractivity contribution in [3.05, 3.63) is 91.8 Å². The van der Waals surface area contributed by atoms with Crippen LogP contribution >= 0.6 is 46.6 Å². The highest BCUT2D eigenvalue weighted by Gasteiger charge is 2.35. The van der Waals surface area contributed by atoms with E-state index in [1.165, 1.54) is 31.4 Å². The molecule has 7 nitrogen and oxygen atoms in total. The van der Waals surface area contributed by atoms with Crippen LogP contribution in [0.2, 0.25) is 15.1 Å². The second-order valence-electron chi connectivity index (χ2n) is 7.54. The maximum Gasteiger partial charge on any atom is 0.343 e. The predicted octanol–water partition coefficient (Wildman–Crippen LogP) is 6.99. The Morgan fingerprint density at radius 3 is 2.41 bits per heavy atom. The number of rotatable bonds is 8. The molecule has 1 aliphatic rings. The van der Waals surface area contributed by atoms with E-state index in [4.69, 9.17) is 49.0 Å². The SMILES string of the molecule is COc1cc(/C=C2\SC(=O)N(CCOc3ccccc3Cl)C2=O)cc(Cl)c1OC(=O)c1ccc(Cl)cc1. The molecule has 0 radical (unpaired) electrons. The number of imide groups is 1. The summed E-state index contributed by atoms with van der Waals surface area (Å²) >= 11 is 19.1. The molecule has 2 amide bonds. The minimum Gasteiger partial charge on any atom is -0.493 e. The maximum atomic E-state index is 12.9. The number of ether oxygens (including phenoxy) is 3. The summed E-state index contributed by atoms with van der Waals surface area (Å²) in [6.45, 7) is 0.138. The first kappa shape index (κ1) is 26.9. The normalized spacial score (nSPS) is 14.3. The van der Waals surface area contributed by atoms with Crippen LogP contribution in [0.4, 0.5) is 4.79 Å². The molecule has 0 atom stereocenters. The largest absolute Gasteiger partial charge is 0.493 e. The van der Waals surface area contributed by atoms with E-state index in [0.29, 0.717) is 21.4 Å². The highest BCUT2D eigenvalue weighted by molar-refractivity contribution is 8.18. The fraction of sp³-hybridized carbons (Fsp3) is 0.115. The zero-order chi connectivity index (χ0) is 26.5. The van der Waals surface area contributed by atoms with Gasteiger partial charge >= 0.3 is 5.97 Å². The second-order valence-corrected chi connectivity index (χ2v) is 9.79. The molecule has 0 bridgehead atoms. The van der Waals surface area contributed by atoms with E-state index in [-0.39, 0.29) is 40.1 Å². The zero-order valence-corrected chi connectivity index (χ0v) is 22.3. The van der Waals surface area contributed by atoms with E-state index in [1.54, 1.807) is 42.5 Å². The van der Waals surface area contributed by atoms with Crippen molar-refractivity contribution in [3.63, 3.8) is 0 Å². The lowest BCUT2D eigenvalue weighted by Crippen LogP contribution is -2.32. The van der Waals surface area contributed by atoms with Crippen molar-refractivity contribution in [2.24, 2.45) is 0 Å². The van der Waals surface area contributed by atoms with Gasteiger partial charge in [0.05, 0.1) is 34.2 Å². The summed E-state index contributed by atoms with van der Waals surface area (Å²) < 4.78 is 16.4. The molecule has 0 unspecified atom stereocenters. The summed E-state index contributed by atoms with van der Waals surface area (Å²) in [5.74, 6) is -0.458. The first-order valence-corrected chi connectivity index (χ1v) is 12.7. The van der Waals surface area contributed by atoms with Crippen molar-refractivity contribution in [2.75, 3.05) is 20.3 Å². The summed E-state index contributed by atoms with van der Waals surface area (Å²) in [7, 11) is 1.39. The van der Waals surface area contributed by atoms with Crippen molar-refractivity contribution < 1.29 is 28.6 Å². The van der Waals surface area contributed by atoms with E-state index >= 15 is 0 Å². The van der Waals surface area contributed by atoms with Gasteiger partial charge in [0.15, 0.2) is 11.5 Å². The van der Waals surface area contributed by atoms with Gasteiger partial charge in [0.25, 0.3) is 11.1 Å². The molecule has 0 aromatic heterocycles. The van der Waals surface area contributed by atoms with Crippen LogP contribution in [0.1, 0.15) is 15.9 Å². The smallest absolute Gasteiger partial charge is 0.343 e. The van der Waals surface area contributed by atoms with Gasteiger partial charge in [0, 0.05) is 5.02 Å². The Morgan fingerprint density at radius 2 is 1.70 bits per heavy atom. The third-order valence-electron chi connectivity index (χ3n) is 5.11. The zero-order valence-electron chi connectivity index (χ0n) is 19.2. The van der Waals surface area contributed by atoms with Crippen molar-refractivity contribution in [1.82, 2.24) is 4.90 Å². The predicted molar refractivity (Wildman–Crippen MR) is 144 cm³/mol. The van der Waals surface area contributed by atoms with Gasteiger partial charge < -0.3 is 14.2 Å². The highest BCUT2D eigenvalue weighted by atomic mass is 35.5. The van der Waals surface area contributed by atoms with Crippen LogP contribution in [0.5, 0.6) is 17.2 Å². The van der Waals surface area contributed by atoms with Crippen LogP contribution in [0, 0.1) is 0 Å². The number of hydrogen-bond donors (Lipinski definition) is 0. The van der Waals surface area contributed by atoms with Gasteiger partial charge in [-0.25, -0.2) is 4.79 Å². The molecule has 0 saturated carbocycles. The number of para-hydroxylation sites is 1. The standard InChI is InChI=1S/C26H18Cl3NO6S/c1-34-21-13-15(12-19(29)23(21)36-25(32)16-6-8-17(27)9-7-16)14-22-24(31)30(26(33)37-22)10-11-35-20-5-3-2-4-18(20)28/h2-9,12-14H,10-11H2,1H3/b22-14-. The van der Waals surface area contributed by atoms with Crippen LogP contribution in [-0.2, 0) is 4.79 Å². The molecular weight excluding hydrogens is 561 g/mol. The van der Waals surface area contributed by atoms with Crippen molar-refractivity contribution in [1.29, 1.82) is 0 Å². The van der Waals surface area contributed by atoms with Crippen molar-refractivity contribution in [3.8, 4) is 17.2 Å². The lowest BCUT2D eigenvalue weighted by Gasteiger charge is -2.14. The molecule has 1 aliphatic heterocycles. The van der Waals surface area contributed by atoms with Gasteiger partial charge in [-0.15, -0.1) is 0 Å². The molecule has 1 saturated heterocycles. The summed E-state index contributed by atoms with van der Waals surface area (Å²) in [5.41, 5.74) is 0.754. The molecule has 0 aliphatic carbocycles. The van der Waals surface area contributed by atoms with E-state index in [0.717, 1.165) is 16.7 Å². The number of halogens is 3. The van der Waals surface area contributed by atoms with Crippen LogP contribution in [0.3, 0.4) is 0 Å². The second kappa shape index (κ2) is 11.9. The maximum absolute atomic E-state index is 12.9. The summed E-state index contributed by atoms with van der Waals surface area (Å²) in [5, 5.41) is 0.574. The molecule has 0 N–H and O–H groups in total. The number of carbonyl (C=O) groups is 3. The summed E-state index contributed by atoms with van der Waals surface area (Å²) in [6.07, 6.45) is 1.51. The summed E-state index contributed by atoms with van der Waals surface area (Å²) in [4.78, 5) is 39.1. The molecule has 3 aromatic carbocycles. The third kappa shape index (κ3) is 6.40. The molecule has 0 spiro atoms. The quantitative estimate of drug-likeness (QED) is 0.162. The number of benzene rings is 3. The van der Waals surface area contributed by atoms with E-state index in [9.17, 15) is 14.4 Å². The molecule has 1 heterocycles. The first-order chi connectivity index (χ1) is 17.8. The average molecular weight is 579 g/mol. The Hall–Kier alpha value is -3.17. The Bertz CT molecular complexity index is 1390. The Morgan fingerprint density at radius 1 is 0.973 bits per heavy atom. The fourth-order valence-electron chi connectivity index (χ4n) is 3.31. The van der Waals surface area contributed by atoms with Gasteiger partial charge in [0.1, 0.15) is 12.4 Å². The molecule has 4 rings (SSSR count). The number of esters is 1. The van der Waals surface area contributed by atoms with Gasteiger partial charge in [-0.1, -0.05) is 46.9 Å². The van der Waals surface area contributed by atoms with Gasteiger partial charge in [-0.2, -0.15) is 0 Å². The number of carbonyl (C=O) groups excluding carboxylic acids is 3. The summed E-state index contributed by atoms with van der Waals surface area (Å²) in [6, 6.07) is 16.2. The third-order valence-corrected chi connectivity index (χ3v) is 6.86. The van der Waals surface area contributed by atoms with Gasteiger partial charge in [-0.3, -0.25) is 14.5 Å². The van der Waals surface area contributed by atoms with Crippen LogP contribution in [0.25, 0.3) is 6.08 Å². The fourth-order valence-corrected chi connectivity index (χ4v) is 4.75. The van der Waals surface area contributed by atoms with E-state index in [2.05, 4.69) is 0 Å². The van der Waals surface area contributed by atoms with Gasteiger partial charge in [-0.05, 0) is 71.9 Å². The lowest BCUT2D eigenvalue weighted by atomic mass is 10.1. The average Bonchev–Trinajstić information content (AvgIpc) is 3.14. The van der Waals surface area contributed by atoms with E-state index < -0.39 is 17.1 Å². The molecule has 3 aromatic rings. The number of amides is 2. The topological polar surface area (TPSA) is 82.1 Å². The Labute approximate surface area is 231 Å². The Balaban J connectivity index is 1.47. The molecular formula is C26H18Cl3NO6S. The molecule has 37 heavy (non-hydrogen) atoms. The van der Waals surface area contributed by atoms with Crippen LogP contribution < -0.4 is 14.2 Å². The Kier molecular flexibility index (Phi) is 8.66. The van der Waals surface area contributed by atoms with Crippen molar-refractivity contribution in [2.45, 2.75) is 0 Å². The first-order valence-electron chi connectivity index (χ1n) is 10.7. The monoisotopic (exact) mass is 577 g/mol. The van der Waals surface area contributed by atoms with Crippen LogP contribution in [-0.4, -0.2) is 42.3 Å². The minimum absolute atomic E-state index is 0.0195. The highest BCUT2D eigenvalue weighted by Crippen LogP contribution is 2.39. The number of nitrogens with zero attached hydrogens (tertiary/aromatic N) is 1. The molecule has 1 fully saturated rings. The molecule has 11 heteroatoms. The number of thioether (sulfide) groups is 1. The van der Waals surface area contributed by atoms with Crippen molar-refractivity contribution >= 4 is 69.8 Å².